The highest BCUT2D eigenvalue weighted by Crippen LogP contribution is 2.40. The van der Waals surface area contributed by atoms with Crippen molar-refractivity contribution in [3.63, 3.8) is 0 Å². The minimum Gasteiger partial charge on any atom is -0.250 e. The van der Waals surface area contributed by atoms with Crippen LogP contribution in [-0.4, -0.2) is 0 Å². The number of thioether (sulfide) groups is 1. The van der Waals surface area contributed by atoms with E-state index in [1.165, 1.54) is 19.3 Å². The Morgan fingerprint density at radius 3 is 2.89 bits per heavy atom. The molecule has 1 aromatic carbocycles. The highest BCUT2D eigenvalue weighted by molar-refractivity contribution is 8.02. The van der Waals surface area contributed by atoms with Gasteiger partial charge in [0.05, 0.1) is 5.69 Å². The van der Waals surface area contributed by atoms with Gasteiger partial charge in [0.2, 0.25) is 0 Å². The molecule has 0 atom stereocenters. The second-order valence-electron chi connectivity index (χ2n) is 4.59. The fourth-order valence-corrected chi connectivity index (χ4v) is 3.33. The van der Waals surface area contributed by atoms with Crippen LogP contribution in [0.4, 0.5) is 5.69 Å². The Hall–Kier alpha value is -1.11. The van der Waals surface area contributed by atoms with Gasteiger partial charge in [0.25, 0.3) is 0 Å². The first-order valence-corrected chi connectivity index (χ1v) is 7.87. The summed E-state index contributed by atoms with van der Waals surface area (Å²) < 4.78 is 0. The molecular weight excluding hydrogens is 276 g/mol. The molecule has 0 radical (unpaired) electrons. The van der Waals surface area contributed by atoms with Crippen LogP contribution in [0.15, 0.2) is 34.2 Å². The number of hydrogen-bond acceptors (Lipinski definition) is 3. The lowest BCUT2D eigenvalue weighted by Crippen LogP contribution is -2.18. The average Bonchev–Trinajstić information content (AvgIpc) is 2.43. The van der Waals surface area contributed by atoms with Crippen molar-refractivity contribution in [1.29, 1.82) is 5.26 Å². The number of fused-ring (bicyclic) bond motifs is 1. The van der Waals surface area contributed by atoms with Crippen LogP contribution in [-0.2, 0) is 0 Å². The molecule has 1 heterocycles. The average molecular weight is 293 g/mol. The molecule has 1 aliphatic heterocycles. The Morgan fingerprint density at radius 1 is 1.32 bits per heavy atom. The van der Waals surface area contributed by atoms with Gasteiger partial charge < -0.3 is 0 Å². The van der Waals surface area contributed by atoms with Crippen LogP contribution in [0.3, 0.4) is 0 Å². The van der Waals surface area contributed by atoms with E-state index in [1.807, 2.05) is 18.2 Å². The topological polar surface area (TPSA) is 27.0 Å². The van der Waals surface area contributed by atoms with Crippen LogP contribution < -0.4 is 4.90 Å². The predicted octanol–water partition coefficient (Wildman–Crippen LogP) is 5.54. The predicted molar refractivity (Wildman–Crippen MR) is 82.2 cm³/mol. The van der Waals surface area contributed by atoms with Crippen molar-refractivity contribution in [2.24, 2.45) is 0 Å². The summed E-state index contributed by atoms with van der Waals surface area (Å²) in [5.41, 5.74) is 2.04. The summed E-state index contributed by atoms with van der Waals surface area (Å²) >= 11 is 7.64. The number of nitrogens with zero attached hydrogens (tertiary/aromatic N) is 2. The maximum Gasteiger partial charge on any atom is 0.189 e. The Kier molecular flexibility index (Phi) is 5.18. The third kappa shape index (κ3) is 3.46. The van der Waals surface area contributed by atoms with Crippen molar-refractivity contribution in [3.05, 3.63) is 34.3 Å². The molecule has 0 fully saturated rings. The number of allylic oxidation sites excluding steroid dienone is 1. The van der Waals surface area contributed by atoms with E-state index in [4.69, 9.17) is 11.6 Å². The summed E-state index contributed by atoms with van der Waals surface area (Å²) in [5.74, 6) is 0. The molecule has 0 unspecified atom stereocenters. The minimum atomic E-state index is 0.712. The molecule has 19 heavy (non-hydrogen) atoms. The number of nitriles is 1. The first kappa shape index (κ1) is 14.3. The molecule has 4 heteroatoms. The SMILES string of the molecule is CCCCCCC1=CSc2cc(Cl)ccc2N1C#N. The second-order valence-corrected chi connectivity index (χ2v) is 5.93. The van der Waals surface area contributed by atoms with Gasteiger partial charge in [-0.05, 0) is 36.4 Å². The molecule has 0 saturated heterocycles. The van der Waals surface area contributed by atoms with Gasteiger partial charge in [0.1, 0.15) is 0 Å². The molecule has 0 bridgehead atoms. The molecule has 0 N–H and O–H groups in total. The molecule has 0 aromatic heterocycles. The third-order valence-electron chi connectivity index (χ3n) is 3.16. The van der Waals surface area contributed by atoms with Gasteiger partial charge in [0.15, 0.2) is 6.19 Å². The smallest absolute Gasteiger partial charge is 0.189 e. The Balaban J connectivity index is 2.09. The largest absolute Gasteiger partial charge is 0.250 e. The van der Waals surface area contributed by atoms with Crippen LogP contribution in [0, 0.1) is 11.5 Å². The van der Waals surface area contributed by atoms with Crippen molar-refractivity contribution < 1.29 is 0 Å². The lowest BCUT2D eigenvalue weighted by atomic mass is 10.1. The Morgan fingerprint density at radius 2 is 2.16 bits per heavy atom. The number of rotatable bonds is 5. The molecule has 1 aliphatic rings. The lowest BCUT2D eigenvalue weighted by Gasteiger charge is -2.25. The van der Waals surface area contributed by atoms with Gasteiger partial charge in [0, 0.05) is 15.6 Å². The van der Waals surface area contributed by atoms with Crippen molar-refractivity contribution in [3.8, 4) is 6.19 Å². The van der Waals surface area contributed by atoms with E-state index >= 15 is 0 Å². The Labute approximate surface area is 124 Å². The number of unbranched alkanes of at least 4 members (excludes halogenated alkanes) is 3. The summed E-state index contributed by atoms with van der Waals surface area (Å²) in [6.45, 7) is 2.21. The maximum absolute atomic E-state index is 9.37. The van der Waals surface area contributed by atoms with Crippen LogP contribution in [0.1, 0.15) is 39.0 Å². The first-order chi connectivity index (χ1) is 9.26. The number of anilines is 1. The summed E-state index contributed by atoms with van der Waals surface area (Å²) in [7, 11) is 0. The van der Waals surface area contributed by atoms with Gasteiger partial charge in [-0.25, -0.2) is 0 Å². The van der Waals surface area contributed by atoms with Gasteiger partial charge in [-0.3, -0.25) is 4.90 Å². The fraction of sp³-hybridized carbons (Fsp3) is 0.400. The summed E-state index contributed by atoms with van der Waals surface area (Å²) in [6.07, 6.45) is 8.10. The van der Waals surface area contributed by atoms with Crippen LogP contribution in [0.5, 0.6) is 0 Å². The summed E-state index contributed by atoms with van der Waals surface area (Å²) in [4.78, 5) is 2.78. The second kappa shape index (κ2) is 6.88. The van der Waals surface area contributed by atoms with Crippen molar-refractivity contribution in [1.82, 2.24) is 0 Å². The quantitative estimate of drug-likeness (QED) is 0.526. The summed E-state index contributed by atoms with van der Waals surface area (Å²) in [6, 6.07) is 5.68. The van der Waals surface area contributed by atoms with Crippen molar-refractivity contribution >= 4 is 29.1 Å². The molecule has 2 nitrogen and oxygen atoms in total. The van der Waals surface area contributed by atoms with Crippen LogP contribution in [0.25, 0.3) is 0 Å². The fourth-order valence-electron chi connectivity index (χ4n) is 2.13. The molecule has 100 valence electrons. The van der Waals surface area contributed by atoms with E-state index in [0.717, 1.165) is 29.1 Å². The van der Waals surface area contributed by atoms with Crippen LogP contribution >= 0.6 is 23.4 Å². The normalized spacial score (nSPS) is 13.7. The van der Waals surface area contributed by atoms with Gasteiger partial charge in [-0.15, -0.1) is 0 Å². The van der Waals surface area contributed by atoms with E-state index in [9.17, 15) is 5.26 Å². The zero-order chi connectivity index (χ0) is 13.7. The maximum atomic E-state index is 9.37. The highest BCUT2D eigenvalue weighted by Gasteiger charge is 2.20. The van der Waals surface area contributed by atoms with E-state index in [1.54, 1.807) is 16.7 Å². The number of benzene rings is 1. The minimum absolute atomic E-state index is 0.712. The van der Waals surface area contributed by atoms with Gasteiger partial charge in [-0.2, -0.15) is 5.26 Å². The van der Waals surface area contributed by atoms with Crippen molar-refractivity contribution in [2.75, 3.05) is 4.90 Å². The monoisotopic (exact) mass is 292 g/mol. The zero-order valence-corrected chi connectivity index (χ0v) is 12.6. The van der Waals surface area contributed by atoms with E-state index in [0.29, 0.717) is 5.02 Å². The molecule has 0 aliphatic carbocycles. The van der Waals surface area contributed by atoms with E-state index < -0.39 is 0 Å². The standard InChI is InChI=1S/C15H17ClN2S/c1-2-3-4-5-6-13-10-19-15-9-12(16)7-8-14(15)18(13)11-17/h7-10H,2-6H2,1H3. The molecule has 0 saturated carbocycles. The highest BCUT2D eigenvalue weighted by atomic mass is 35.5. The lowest BCUT2D eigenvalue weighted by molar-refractivity contribution is 0.660. The molecule has 1 aromatic rings. The molecule has 0 spiro atoms. The third-order valence-corrected chi connectivity index (χ3v) is 4.36. The summed E-state index contributed by atoms with van der Waals surface area (Å²) in [5, 5.41) is 12.2. The zero-order valence-electron chi connectivity index (χ0n) is 11.0. The van der Waals surface area contributed by atoms with Gasteiger partial charge >= 0.3 is 0 Å². The first-order valence-electron chi connectivity index (χ1n) is 6.61. The number of halogens is 1. The number of hydrogen-bond donors (Lipinski definition) is 0. The van der Waals surface area contributed by atoms with Crippen molar-refractivity contribution in [2.45, 2.75) is 43.9 Å². The molecule has 2 rings (SSSR count). The van der Waals surface area contributed by atoms with E-state index in [-0.39, 0.29) is 0 Å². The van der Waals surface area contributed by atoms with Gasteiger partial charge in [-0.1, -0.05) is 49.5 Å². The van der Waals surface area contributed by atoms with E-state index in [2.05, 4.69) is 18.5 Å². The molecule has 0 amide bonds. The van der Waals surface area contributed by atoms with Crippen LogP contribution in [0.2, 0.25) is 5.02 Å². The Bertz CT molecular complexity index is 519. The molecular formula is C15H17ClN2S.